The van der Waals surface area contributed by atoms with Gasteiger partial charge in [0.05, 0.1) is 23.8 Å². The van der Waals surface area contributed by atoms with E-state index >= 15 is 0 Å². The SMILES string of the molecule is Cc1c2n(c3c(cnn3-c3ccc(F)cc3O)c1=O)CCCCO2. The third-order valence-electron chi connectivity index (χ3n) is 4.33. The molecule has 0 bridgehead atoms. The average Bonchev–Trinajstić information content (AvgIpc) is 2.83. The van der Waals surface area contributed by atoms with Crippen molar-refractivity contribution in [1.29, 1.82) is 0 Å². The smallest absolute Gasteiger partial charge is 0.202 e. The fourth-order valence-electron chi connectivity index (χ4n) is 3.15. The second-order valence-electron chi connectivity index (χ2n) is 5.89. The van der Waals surface area contributed by atoms with Crippen molar-refractivity contribution >= 4 is 11.0 Å². The van der Waals surface area contributed by atoms with Gasteiger partial charge >= 0.3 is 0 Å². The molecule has 0 unspecified atom stereocenters. The molecular formula is C17H16FN3O3. The standard InChI is InChI=1S/C17H16FN3O3/c1-10-15(23)12-9-19-21(13-5-4-11(18)8-14(13)22)16(12)20-6-2-3-7-24-17(10)20/h4-5,8-9,22H,2-3,6-7H2,1H3. The molecule has 7 heteroatoms. The summed E-state index contributed by atoms with van der Waals surface area (Å²) in [6.45, 7) is 2.98. The van der Waals surface area contributed by atoms with E-state index in [0.717, 1.165) is 18.9 Å². The number of benzene rings is 1. The molecule has 6 nitrogen and oxygen atoms in total. The molecule has 0 aliphatic carbocycles. The highest BCUT2D eigenvalue weighted by Crippen LogP contribution is 2.29. The first-order chi connectivity index (χ1) is 11.6. The van der Waals surface area contributed by atoms with Crippen LogP contribution in [0, 0.1) is 12.7 Å². The van der Waals surface area contributed by atoms with E-state index in [9.17, 15) is 14.3 Å². The van der Waals surface area contributed by atoms with Gasteiger partial charge < -0.3 is 9.84 Å². The Bertz CT molecular complexity index is 1010. The van der Waals surface area contributed by atoms with Gasteiger partial charge in [-0.3, -0.25) is 9.36 Å². The van der Waals surface area contributed by atoms with Gasteiger partial charge in [0.15, 0.2) is 11.1 Å². The van der Waals surface area contributed by atoms with Crippen LogP contribution in [0.4, 0.5) is 4.39 Å². The maximum Gasteiger partial charge on any atom is 0.202 e. The van der Waals surface area contributed by atoms with Gasteiger partial charge in [-0.05, 0) is 31.9 Å². The van der Waals surface area contributed by atoms with E-state index in [1.807, 2.05) is 4.57 Å². The average molecular weight is 329 g/mol. The molecule has 0 saturated carbocycles. The molecule has 0 amide bonds. The second kappa shape index (κ2) is 5.36. The molecule has 0 fully saturated rings. The molecule has 1 aliphatic rings. The van der Waals surface area contributed by atoms with E-state index in [4.69, 9.17) is 4.74 Å². The van der Waals surface area contributed by atoms with Gasteiger partial charge in [0.1, 0.15) is 17.3 Å². The van der Waals surface area contributed by atoms with E-state index in [-0.39, 0.29) is 11.2 Å². The van der Waals surface area contributed by atoms with Crippen LogP contribution < -0.4 is 10.2 Å². The number of ether oxygens (including phenoxy) is 1. The summed E-state index contributed by atoms with van der Waals surface area (Å²) in [5.41, 5.74) is 1.26. The molecular weight excluding hydrogens is 313 g/mol. The first-order valence-corrected chi connectivity index (χ1v) is 7.81. The zero-order chi connectivity index (χ0) is 16.8. The van der Waals surface area contributed by atoms with Crippen molar-refractivity contribution in [1.82, 2.24) is 14.3 Å². The summed E-state index contributed by atoms with van der Waals surface area (Å²) in [4.78, 5) is 12.6. The van der Waals surface area contributed by atoms with Crippen molar-refractivity contribution < 1.29 is 14.2 Å². The number of pyridine rings is 1. The lowest BCUT2D eigenvalue weighted by Gasteiger charge is -2.16. The Kier molecular flexibility index (Phi) is 3.30. The highest BCUT2D eigenvalue weighted by Gasteiger charge is 2.22. The van der Waals surface area contributed by atoms with Crippen molar-refractivity contribution in [3.8, 4) is 17.3 Å². The first-order valence-electron chi connectivity index (χ1n) is 7.81. The number of fused-ring (bicyclic) bond motifs is 3. The molecule has 1 aromatic carbocycles. The minimum Gasteiger partial charge on any atom is -0.506 e. The monoisotopic (exact) mass is 329 g/mol. The van der Waals surface area contributed by atoms with Gasteiger partial charge in [-0.2, -0.15) is 5.10 Å². The fourth-order valence-corrected chi connectivity index (χ4v) is 3.15. The van der Waals surface area contributed by atoms with Crippen LogP contribution in [0.3, 0.4) is 0 Å². The molecule has 0 radical (unpaired) electrons. The lowest BCUT2D eigenvalue weighted by Crippen LogP contribution is -2.16. The van der Waals surface area contributed by atoms with Crippen LogP contribution in [-0.4, -0.2) is 26.1 Å². The molecule has 0 atom stereocenters. The number of hydrogen-bond donors (Lipinski definition) is 1. The summed E-state index contributed by atoms with van der Waals surface area (Å²) in [5.74, 6) is -0.242. The van der Waals surface area contributed by atoms with Crippen molar-refractivity contribution in [2.45, 2.75) is 26.3 Å². The van der Waals surface area contributed by atoms with Crippen LogP contribution in [0.2, 0.25) is 0 Å². The maximum absolute atomic E-state index is 13.3. The quantitative estimate of drug-likeness (QED) is 0.745. The van der Waals surface area contributed by atoms with E-state index in [0.29, 0.717) is 41.3 Å². The molecule has 124 valence electrons. The predicted molar refractivity (Wildman–Crippen MR) is 86.4 cm³/mol. The lowest BCUT2D eigenvalue weighted by atomic mass is 10.2. The van der Waals surface area contributed by atoms with Crippen LogP contribution in [-0.2, 0) is 6.54 Å². The van der Waals surface area contributed by atoms with E-state index < -0.39 is 5.82 Å². The number of phenolic OH excluding ortho intramolecular Hbond substituents is 1. The highest BCUT2D eigenvalue weighted by atomic mass is 19.1. The number of nitrogens with zero attached hydrogens (tertiary/aromatic N) is 3. The molecule has 2 aromatic heterocycles. The number of aromatic nitrogens is 3. The highest BCUT2D eigenvalue weighted by molar-refractivity contribution is 5.79. The topological polar surface area (TPSA) is 69.3 Å². The van der Waals surface area contributed by atoms with Gasteiger partial charge in [-0.1, -0.05) is 0 Å². The normalized spacial score (nSPS) is 14.2. The Morgan fingerprint density at radius 1 is 1.33 bits per heavy atom. The van der Waals surface area contributed by atoms with Gasteiger partial charge in [-0.25, -0.2) is 9.07 Å². The molecule has 24 heavy (non-hydrogen) atoms. The van der Waals surface area contributed by atoms with E-state index in [2.05, 4.69) is 5.10 Å². The largest absolute Gasteiger partial charge is 0.506 e. The summed E-state index contributed by atoms with van der Waals surface area (Å²) >= 11 is 0. The summed E-state index contributed by atoms with van der Waals surface area (Å²) in [6.07, 6.45) is 3.28. The summed E-state index contributed by atoms with van der Waals surface area (Å²) in [6, 6.07) is 3.70. The minimum atomic E-state index is -0.539. The summed E-state index contributed by atoms with van der Waals surface area (Å²) in [7, 11) is 0. The maximum atomic E-state index is 13.3. The minimum absolute atomic E-state index is 0.147. The second-order valence-corrected chi connectivity index (χ2v) is 5.89. The number of rotatable bonds is 1. The molecule has 3 heterocycles. The molecule has 1 aliphatic heterocycles. The lowest BCUT2D eigenvalue weighted by molar-refractivity contribution is 0.303. The van der Waals surface area contributed by atoms with Gasteiger partial charge in [0.25, 0.3) is 0 Å². The van der Waals surface area contributed by atoms with Crippen molar-refractivity contribution in [2.24, 2.45) is 0 Å². The van der Waals surface area contributed by atoms with Crippen LogP contribution >= 0.6 is 0 Å². The number of aryl methyl sites for hydroxylation is 1. The fraction of sp³-hybridized carbons (Fsp3) is 0.294. The zero-order valence-corrected chi connectivity index (χ0v) is 13.1. The first kappa shape index (κ1) is 14.7. The Morgan fingerprint density at radius 3 is 2.96 bits per heavy atom. The van der Waals surface area contributed by atoms with Crippen LogP contribution in [0.15, 0.2) is 29.2 Å². The molecule has 4 rings (SSSR count). The van der Waals surface area contributed by atoms with Crippen LogP contribution in [0.1, 0.15) is 18.4 Å². The van der Waals surface area contributed by atoms with Crippen molar-refractivity contribution in [3.05, 3.63) is 46.0 Å². The summed E-state index contributed by atoms with van der Waals surface area (Å²) < 4.78 is 22.4. The zero-order valence-electron chi connectivity index (χ0n) is 13.1. The third-order valence-corrected chi connectivity index (χ3v) is 4.33. The number of hydrogen-bond acceptors (Lipinski definition) is 4. The van der Waals surface area contributed by atoms with Gasteiger partial charge in [-0.15, -0.1) is 0 Å². The molecule has 1 N–H and O–H groups in total. The number of aromatic hydroxyl groups is 1. The Labute approximate surface area is 136 Å². The van der Waals surface area contributed by atoms with Gasteiger partial charge in [0.2, 0.25) is 5.88 Å². The van der Waals surface area contributed by atoms with E-state index in [1.165, 1.54) is 23.0 Å². The van der Waals surface area contributed by atoms with E-state index in [1.54, 1.807) is 6.92 Å². The molecule has 3 aromatic rings. The number of halogens is 1. The molecule has 0 saturated heterocycles. The summed E-state index contributed by atoms with van der Waals surface area (Å²) in [5, 5.41) is 14.8. The van der Waals surface area contributed by atoms with Crippen LogP contribution in [0.5, 0.6) is 11.6 Å². The van der Waals surface area contributed by atoms with Crippen LogP contribution in [0.25, 0.3) is 16.7 Å². The van der Waals surface area contributed by atoms with Crippen molar-refractivity contribution in [3.63, 3.8) is 0 Å². The van der Waals surface area contributed by atoms with Gasteiger partial charge in [0, 0.05) is 12.6 Å². The molecule has 0 spiro atoms. The predicted octanol–water partition coefficient (Wildman–Crippen LogP) is 2.51. The Hall–Kier alpha value is -2.83. The van der Waals surface area contributed by atoms with Crippen molar-refractivity contribution in [2.75, 3.05) is 6.61 Å². The third kappa shape index (κ3) is 2.08. The Balaban J connectivity index is 2.08. The number of phenols is 1. The Morgan fingerprint density at radius 2 is 2.17 bits per heavy atom.